The van der Waals surface area contributed by atoms with Gasteiger partial charge in [0.05, 0.1) is 0 Å². The van der Waals surface area contributed by atoms with Gasteiger partial charge in [-0.3, -0.25) is 4.98 Å². The molecule has 116 valence electrons. The second kappa shape index (κ2) is 5.72. The van der Waals surface area contributed by atoms with Crippen LogP contribution in [0.15, 0.2) is 60.9 Å². The van der Waals surface area contributed by atoms with Crippen LogP contribution in [0.1, 0.15) is 29.8 Å². The highest BCUT2D eigenvalue weighted by atomic mass is 16.6. The Morgan fingerprint density at radius 2 is 1.65 bits per heavy atom. The number of hydrogen-bond donors (Lipinski definition) is 1. The number of aromatic hydroxyl groups is 1. The number of esters is 1. The number of benzene rings is 2. The van der Waals surface area contributed by atoms with Gasteiger partial charge in [0.1, 0.15) is 16.9 Å². The van der Waals surface area contributed by atoms with Gasteiger partial charge in [0, 0.05) is 12.4 Å². The first-order chi connectivity index (χ1) is 11.0. The minimum absolute atomic E-state index is 0.0840. The Morgan fingerprint density at radius 1 is 1.04 bits per heavy atom. The molecule has 0 spiro atoms. The molecule has 0 saturated carbocycles. The number of phenols is 1. The minimum Gasteiger partial charge on any atom is -0.507 e. The van der Waals surface area contributed by atoms with Gasteiger partial charge in [-0.2, -0.15) is 0 Å². The lowest BCUT2D eigenvalue weighted by Crippen LogP contribution is -2.25. The molecule has 1 aromatic heterocycles. The molecule has 0 aliphatic rings. The lowest BCUT2D eigenvalue weighted by molar-refractivity contribution is -0.00340. The van der Waals surface area contributed by atoms with Gasteiger partial charge in [-0.15, -0.1) is 0 Å². The maximum Gasteiger partial charge on any atom is 0.342 e. The number of phenolic OH excluding ortho intramolecular Hbond substituents is 1. The first kappa shape index (κ1) is 15.0. The molecular formula is C19H17NO3. The molecule has 0 atom stereocenters. The molecular weight excluding hydrogens is 290 g/mol. The van der Waals surface area contributed by atoms with Gasteiger partial charge in [-0.05, 0) is 54.4 Å². The summed E-state index contributed by atoms with van der Waals surface area (Å²) in [5.41, 5.74) is 0.171. The van der Waals surface area contributed by atoms with Crippen LogP contribution in [0.2, 0.25) is 0 Å². The highest BCUT2D eigenvalue weighted by molar-refractivity contribution is 5.98. The smallest absolute Gasteiger partial charge is 0.342 e. The van der Waals surface area contributed by atoms with E-state index in [1.165, 1.54) is 0 Å². The summed E-state index contributed by atoms with van der Waals surface area (Å²) in [6.45, 7) is 3.61. The fraction of sp³-hybridized carbons (Fsp3) is 0.158. The summed E-state index contributed by atoms with van der Waals surface area (Å²) < 4.78 is 5.61. The molecule has 23 heavy (non-hydrogen) atoms. The van der Waals surface area contributed by atoms with Crippen molar-refractivity contribution in [2.45, 2.75) is 19.4 Å². The largest absolute Gasteiger partial charge is 0.507 e. The lowest BCUT2D eigenvalue weighted by Gasteiger charge is -2.25. The average molecular weight is 307 g/mol. The van der Waals surface area contributed by atoms with Gasteiger partial charge in [0.25, 0.3) is 0 Å². The molecule has 2 aromatic carbocycles. The van der Waals surface area contributed by atoms with Gasteiger partial charge >= 0.3 is 5.97 Å². The first-order valence-electron chi connectivity index (χ1n) is 7.33. The summed E-state index contributed by atoms with van der Waals surface area (Å²) in [5.74, 6) is -0.644. The molecule has 0 amide bonds. The Kier molecular flexibility index (Phi) is 3.74. The third-order valence-corrected chi connectivity index (χ3v) is 3.81. The predicted molar refractivity (Wildman–Crippen MR) is 88.3 cm³/mol. The van der Waals surface area contributed by atoms with E-state index in [0.717, 1.165) is 16.3 Å². The average Bonchev–Trinajstić information content (AvgIpc) is 2.54. The van der Waals surface area contributed by atoms with Crippen LogP contribution in [0.3, 0.4) is 0 Å². The normalized spacial score (nSPS) is 11.4. The third kappa shape index (κ3) is 3.01. The van der Waals surface area contributed by atoms with Crippen LogP contribution in [-0.2, 0) is 10.3 Å². The topological polar surface area (TPSA) is 59.4 Å². The van der Waals surface area contributed by atoms with Crippen LogP contribution in [0.5, 0.6) is 5.75 Å². The molecule has 3 rings (SSSR count). The highest BCUT2D eigenvalue weighted by Gasteiger charge is 2.27. The van der Waals surface area contributed by atoms with Crippen LogP contribution >= 0.6 is 0 Å². The van der Waals surface area contributed by atoms with Crippen molar-refractivity contribution < 1.29 is 14.6 Å². The standard InChI is InChI=1S/C19H17NO3/c1-19(2,15-7-9-20-10-8-15)23-18(22)16-11-13-5-3-4-6-14(13)12-17(16)21/h3-12,21H,1-2H3. The van der Waals surface area contributed by atoms with Crippen molar-refractivity contribution in [2.75, 3.05) is 0 Å². The number of carbonyl (C=O) groups excluding carboxylic acids is 1. The van der Waals surface area contributed by atoms with E-state index in [1.807, 2.05) is 24.3 Å². The molecule has 1 N–H and O–H groups in total. The van der Waals surface area contributed by atoms with Gasteiger partial charge in [-0.25, -0.2) is 4.79 Å². The van der Waals surface area contributed by atoms with E-state index >= 15 is 0 Å². The van der Waals surface area contributed by atoms with Crippen LogP contribution in [-0.4, -0.2) is 16.1 Å². The zero-order valence-corrected chi connectivity index (χ0v) is 13.0. The summed E-state index contributed by atoms with van der Waals surface area (Å²) >= 11 is 0. The van der Waals surface area contributed by atoms with E-state index in [4.69, 9.17) is 4.74 Å². The van der Waals surface area contributed by atoms with E-state index in [0.29, 0.717) is 0 Å². The lowest BCUT2D eigenvalue weighted by atomic mass is 9.99. The number of carbonyl (C=O) groups is 1. The fourth-order valence-electron chi connectivity index (χ4n) is 2.49. The van der Waals surface area contributed by atoms with E-state index in [2.05, 4.69) is 4.98 Å². The zero-order chi connectivity index (χ0) is 16.4. The molecule has 4 heteroatoms. The molecule has 4 nitrogen and oxygen atoms in total. The molecule has 0 aliphatic heterocycles. The van der Waals surface area contributed by atoms with Crippen molar-refractivity contribution >= 4 is 16.7 Å². The van der Waals surface area contributed by atoms with Crippen molar-refractivity contribution in [2.24, 2.45) is 0 Å². The van der Waals surface area contributed by atoms with Gasteiger partial charge in [-0.1, -0.05) is 24.3 Å². The van der Waals surface area contributed by atoms with E-state index in [1.54, 1.807) is 50.5 Å². The Bertz CT molecular complexity index is 857. The van der Waals surface area contributed by atoms with E-state index < -0.39 is 11.6 Å². The monoisotopic (exact) mass is 307 g/mol. The molecule has 0 fully saturated rings. The van der Waals surface area contributed by atoms with Crippen molar-refractivity contribution in [3.05, 3.63) is 72.1 Å². The quantitative estimate of drug-likeness (QED) is 0.742. The summed E-state index contributed by atoms with van der Waals surface area (Å²) in [4.78, 5) is 16.5. The van der Waals surface area contributed by atoms with E-state index in [9.17, 15) is 9.90 Å². The summed E-state index contributed by atoms with van der Waals surface area (Å²) in [7, 11) is 0. The maximum absolute atomic E-state index is 12.5. The second-order valence-electron chi connectivity index (χ2n) is 5.85. The van der Waals surface area contributed by atoms with Crippen LogP contribution < -0.4 is 0 Å². The molecule has 1 heterocycles. The van der Waals surface area contributed by atoms with Gasteiger partial charge in [0.2, 0.25) is 0 Å². The van der Waals surface area contributed by atoms with Gasteiger partial charge < -0.3 is 9.84 Å². The number of fused-ring (bicyclic) bond motifs is 1. The van der Waals surface area contributed by atoms with Crippen molar-refractivity contribution in [1.82, 2.24) is 4.98 Å². The Hall–Kier alpha value is -2.88. The summed E-state index contributed by atoms with van der Waals surface area (Å²) in [6, 6.07) is 14.4. The maximum atomic E-state index is 12.5. The first-order valence-corrected chi connectivity index (χ1v) is 7.33. The van der Waals surface area contributed by atoms with Crippen molar-refractivity contribution in [3.63, 3.8) is 0 Å². The SMILES string of the molecule is CC(C)(OC(=O)c1cc2ccccc2cc1O)c1ccncc1. The molecule has 0 saturated heterocycles. The third-order valence-electron chi connectivity index (χ3n) is 3.81. The zero-order valence-electron chi connectivity index (χ0n) is 13.0. The van der Waals surface area contributed by atoms with Crippen LogP contribution in [0.4, 0.5) is 0 Å². The summed E-state index contributed by atoms with van der Waals surface area (Å²) in [5, 5.41) is 11.9. The van der Waals surface area contributed by atoms with Crippen LogP contribution in [0.25, 0.3) is 10.8 Å². The summed E-state index contributed by atoms with van der Waals surface area (Å²) in [6.07, 6.45) is 3.30. The van der Waals surface area contributed by atoms with Gasteiger partial charge in [0.15, 0.2) is 0 Å². The Morgan fingerprint density at radius 3 is 2.30 bits per heavy atom. The highest BCUT2D eigenvalue weighted by Crippen LogP contribution is 2.30. The number of aromatic nitrogens is 1. The molecule has 0 radical (unpaired) electrons. The van der Waals surface area contributed by atoms with Crippen molar-refractivity contribution in [1.29, 1.82) is 0 Å². The van der Waals surface area contributed by atoms with Crippen molar-refractivity contribution in [3.8, 4) is 5.75 Å². The molecule has 0 unspecified atom stereocenters. The molecule has 0 aliphatic carbocycles. The Balaban J connectivity index is 1.93. The fourth-order valence-corrected chi connectivity index (χ4v) is 2.49. The number of hydrogen-bond acceptors (Lipinski definition) is 4. The number of pyridine rings is 1. The number of nitrogens with zero attached hydrogens (tertiary/aromatic N) is 1. The van der Waals surface area contributed by atoms with E-state index in [-0.39, 0.29) is 11.3 Å². The Labute approximate surface area is 134 Å². The molecule has 3 aromatic rings. The number of rotatable bonds is 3. The predicted octanol–water partition coefficient (Wildman–Crippen LogP) is 4.03. The second-order valence-corrected chi connectivity index (χ2v) is 5.85. The van der Waals surface area contributed by atoms with Crippen LogP contribution in [0, 0.1) is 0 Å². The minimum atomic E-state index is -0.821. The molecule has 0 bridgehead atoms. The number of ether oxygens (including phenoxy) is 1.